The molecule has 10 heavy (non-hydrogen) atoms. The van der Waals surface area contributed by atoms with Gasteiger partial charge in [-0.1, -0.05) is 13.8 Å². The molecule has 0 aromatic rings. The van der Waals surface area contributed by atoms with Gasteiger partial charge in [0.25, 0.3) is 0 Å². The lowest BCUT2D eigenvalue weighted by molar-refractivity contribution is -0.140. The number of hydrogen-bond acceptors (Lipinski definition) is 2. The molecule has 3 N–H and O–H groups in total. The molecule has 0 bridgehead atoms. The summed E-state index contributed by atoms with van der Waals surface area (Å²) in [6.07, 6.45) is 1.46. The Labute approximate surface area is 60.2 Å². The van der Waals surface area contributed by atoms with Crippen molar-refractivity contribution in [2.45, 2.75) is 32.2 Å². The van der Waals surface area contributed by atoms with Gasteiger partial charge >= 0.3 is 5.97 Å². The van der Waals surface area contributed by atoms with E-state index in [0.717, 1.165) is 6.42 Å². The fourth-order valence-electron chi connectivity index (χ4n) is 1.35. The summed E-state index contributed by atoms with van der Waals surface area (Å²) in [5.74, 6) is -0.864. The van der Waals surface area contributed by atoms with E-state index in [2.05, 4.69) is 0 Å². The lowest BCUT2D eigenvalue weighted by Crippen LogP contribution is -2.38. The van der Waals surface area contributed by atoms with Gasteiger partial charge in [0.1, 0.15) is 5.54 Å². The Bertz CT molecular complexity index is 180. The minimum Gasteiger partial charge on any atom is -0.480 e. The Morgan fingerprint density at radius 2 is 2.30 bits per heavy atom. The van der Waals surface area contributed by atoms with E-state index in [9.17, 15) is 4.79 Å². The second kappa shape index (κ2) is 1.72. The van der Waals surface area contributed by atoms with Crippen molar-refractivity contribution in [2.24, 2.45) is 11.1 Å². The van der Waals surface area contributed by atoms with Crippen molar-refractivity contribution in [1.29, 1.82) is 0 Å². The van der Waals surface area contributed by atoms with Crippen LogP contribution in [0.2, 0.25) is 0 Å². The first-order chi connectivity index (χ1) is 4.46. The van der Waals surface area contributed by atoms with E-state index >= 15 is 0 Å². The van der Waals surface area contributed by atoms with Gasteiger partial charge < -0.3 is 10.8 Å². The molecule has 0 spiro atoms. The monoisotopic (exact) mass is 143 g/mol. The highest BCUT2D eigenvalue weighted by Gasteiger charge is 2.66. The molecule has 1 fully saturated rings. The number of rotatable bonds is 2. The molecule has 0 heterocycles. The summed E-state index contributed by atoms with van der Waals surface area (Å²) >= 11 is 0. The number of aliphatic carboxylic acids is 1. The predicted octanol–water partition coefficient (Wildman–Crippen LogP) is 0.588. The molecule has 3 heteroatoms. The van der Waals surface area contributed by atoms with Crippen molar-refractivity contribution < 1.29 is 9.90 Å². The minimum absolute atomic E-state index is 0.154. The molecule has 0 amide bonds. The van der Waals surface area contributed by atoms with Crippen LogP contribution in [-0.2, 0) is 4.79 Å². The van der Waals surface area contributed by atoms with Gasteiger partial charge in [-0.05, 0) is 18.3 Å². The molecular weight excluding hydrogens is 130 g/mol. The topological polar surface area (TPSA) is 63.3 Å². The van der Waals surface area contributed by atoms with Gasteiger partial charge in [0.05, 0.1) is 0 Å². The molecule has 3 nitrogen and oxygen atoms in total. The van der Waals surface area contributed by atoms with Gasteiger partial charge in [0.15, 0.2) is 0 Å². The highest BCUT2D eigenvalue weighted by molar-refractivity contribution is 5.84. The molecule has 0 unspecified atom stereocenters. The van der Waals surface area contributed by atoms with Gasteiger partial charge in [0, 0.05) is 0 Å². The molecular formula is C7H13NO2. The number of nitrogens with two attached hydrogens (primary N) is 1. The Balaban J connectivity index is 2.72. The van der Waals surface area contributed by atoms with E-state index in [1.165, 1.54) is 0 Å². The largest absolute Gasteiger partial charge is 0.480 e. The Kier molecular flexibility index (Phi) is 1.30. The molecule has 58 valence electrons. The maximum Gasteiger partial charge on any atom is 0.324 e. The standard InChI is InChI=1S/C7H13NO2/c1-3-6(2)4-7(6,8)5(9)10/h3-4,8H2,1-2H3,(H,9,10)/t6-,7-/m0/s1. The minimum atomic E-state index is -0.929. The smallest absolute Gasteiger partial charge is 0.324 e. The normalized spacial score (nSPS) is 45.1. The summed E-state index contributed by atoms with van der Waals surface area (Å²) in [5, 5.41) is 8.65. The third-order valence-electron chi connectivity index (χ3n) is 2.78. The van der Waals surface area contributed by atoms with Crippen molar-refractivity contribution in [3.8, 4) is 0 Å². The van der Waals surface area contributed by atoms with Crippen LogP contribution in [0, 0.1) is 5.41 Å². The molecule has 0 radical (unpaired) electrons. The summed E-state index contributed by atoms with van der Waals surface area (Å²) in [6.45, 7) is 3.89. The molecule has 0 saturated heterocycles. The summed E-state index contributed by atoms with van der Waals surface area (Å²) in [5.41, 5.74) is 4.50. The second-order valence-electron chi connectivity index (χ2n) is 3.37. The lowest BCUT2D eigenvalue weighted by atomic mass is 10.00. The van der Waals surface area contributed by atoms with E-state index in [1.54, 1.807) is 0 Å². The van der Waals surface area contributed by atoms with Crippen molar-refractivity contribution >= 4 is 5.97 Å². The van der Waals surface area contributed by atoms with Crippen LogP contribution in [0.25, 0.3) is 0 Å². The zero-order valence-electron chi connectivity index (χ0n) is 6.35. The summed E-state index contributed by atoms with van der Waals surface area (Å²) in [7, 11) is 0. The third kappa shape index (κ3) is 0.669. The first-order valence-corrected chi connectivity index (χ1v) is 3.48. The predicted molar refractivity (Wildman–Crippen MR) is 37.6 cm³/mol. The van der Waals surface area contributed by atoms with E-state index in [4.69, 9.17) is 10.8 Å². The average Bonchev–Trinajstić information content (AvgIpc) is 2.39. The highest BCUT2D eigenvalue weighted by atomic mass is 16.4. The quantitative estimate of drug-likeness (QED) is 0.594. The van der Waals surface area contributed by atoms with Gasteiger partial charge in [-0.15, -0.1) is 0 Å². The summed E-state index contributed by atoms with van der Waals surface area (Å²) < 4.78 is 0. The van der Waals surface area contributed by atoms with Crippen molar-refractivity contribution in [2.75, 3.05) is 0 Å². The van der Waals surface area contributed by atoms with Crippen LogP contribution in [0.3, 0.4) is 0 Å². The molecule has 2 atom stereocenters. The highest BCUT2D eigenvalue weighted by Crippen LogP contribution is 2.56. The van der Waals surface area contributed by atoms with Crippen LogP contribution in [0.15, 0.2) is 0 Å². The molecule has 1 aliphatic carbocycles. The fraction of sp³-hybridized carbons (Fsp3) is 0.857. The SMILES string of the molecule is CC[C@@]1(C)C[C@]1(N)C(=O)O. The molecule has 0 aromatic heterocycles. The first-order valence-electron chi connectivity index (χ1n) is 3.48. The maximum absolute atomic E-state index is 10.5. The van der Waals surface area contributed by atoms with Crippen LogP contribution in [0.4, 0.5) is 0 Å². The molecule has 1 rings (SSSR count). The second-order valence-corrected chi connectivity index (χ2v) is 3.37. The zero-order chi connectivity index (χ0) is 7.99. The van der Waals surface area contributed by atoms with Crippen molar-refractivity contribution in [3.63, 3.8) is 0 Å². The van der Waals surface area contributed by atoms with Crippen molar-refractivity contribution in [3.05, 3.63) is 0 Å². The van der Waals surface area contributed by atoms with Gasteiger partial charge in [0.2, 0.25) is 0 Å². The average molecular weight is 143 g/mol. The number of carbonyl (C=O) groups is 1. The zero-order valence-corrected chi connectivity index (χ0v) is 6.35. The number of carboxylic acids is 1. The van der Waals surface area contributed by atoms with Crippen LogP contribution in [0.5, 0.6) is 0 Å². The Hall–Kier alpha value is -0.570. The van der Waals surface area contributed by atoms with E-state index in [0.29, 0.717) is 6.42 Å². The van der Waals surface area contributed by atoms with E-state index in [1.807, 2.05) is 13.8 Å². The van der Waals surface area contributed by atoms with Gasteiger partial charge in [-0.2, -0.15) is 0 Å². The van der Waals surface area contributed by atoms with Gasteiger partial charge in [-0.3, -0.25) is 4.79 Å². The lowest BCUT2D eigenvalue weighted by Gasteiger charge is -2.11. The fourth-order valence-corrected chi connectivity index (χ4v) is 1.35. The Morgan fingerprint density at radius 1 is 1.80 bits per heavy atom. The van der Waals surface area contributed by atoms with Crippen LogP contribution >= 0.6 is 0 Å². The first kappa shape index (κ1) is 7.54. The number of hydrogen-bond donors (Lipinski definition) is 2. The Morgan fingerprint density at radius 3 is 2.40 bits per heavy atom. The van der Waals surface area contributed by atoms with Crippen molar-refractivity contribution in [1.82, 2.24) is 0 Å². The summed E-state index contributed by atoms with van der Waals surface area (Å²) in [4.78, 5) is 10.5. The van der Waals surface area contributed by atoms with E-state index in [-0.39, 0.29) is 5.41 Å². The summed E-state index contributed by atoms with van der Waals surface area (Å²) in [6, 6.07) is 0. The molecule has 0 aromatic carbocycles. The number of carboxylic acid groups (broad SMARTS) is 1. The molecule has 0 aliphatic heterocycles. The molecule has 1 saturated carbocycles. The third-order valence-corrected chi connectivity index (χ3v) is 2.78. The van der Waals surface area contributed by atoms with E-state index < -0.39 is 11.5 Å². The maximum atomic E-state index is 10.5. The van der Waals surface area contributed by atoms with Crippen LogP contribution in [0.1, 0.15) is 26.7 Å². The molecule has 1 aliphatic rings. The van der Waals surface area contributed by atoms with Gasteiger partial charge in [-0.25, -0.2) is 0 Å². The van der Waals surface area contributed by atoms with Crippen LogP contribution < -0.4 is 5.73 Å². The van der Waals surface area contributed by atoms with Crippen LogP contribution in [-0.4, -0.2) is 16.6 Å².